The third kappa shape index (κ3) is 3.68. The SMILES string of the molecule is Nc1ncnc2c1c(-c1ccc(Oc3ccccc3)cc1)nn2[C@@H]1CCCN(C(=O)O)C1. The molecule has 3 N–H and O–H groups in total. The van der Waals surface area contributed by atoms with Crippen LogP contribution in [0.25, 0.3) is 22.3 Å². The van der Waals surface area contributed by atoms with Gasteiger partial charge < -0.3 is 20.5 Å². The number of nitrogen functional groups attached to an aromatic ring is 1. The first kappa shape index (κ1) is 19.8. The van der Waals surface area contributed by atoms with Gasteiger partial charge in [0.25, 0.3) is 0 Å². The van der Waals surface area contributed by atoms with E-state index in [2.05, 4.69) is 9.97 Å². The van der Waals surface area contributed by atoms with Gasteiger partial charge in [-0.2, -0.15) is 5.10 Å². The van der Waals surface area contributed by atoms with Gasteiger partial charge in [-0.15, -0.1) is 0 Å². The zero-order chi connectivity index (χ0) is 22.1. The van der Waals surface area contributed by atoms with Crippen LogP contribution in [0, 0.1) is 0 Å². The number of fused-ring (bicyclic) bond motifs is 1. The summed E-state index contributed by atoms with van der Waals surface area (Å²) in [4.78, 5) is 21.5. The van der Waals surface area contributed by atoms with Crippen molar-refractivity contribution in [1.82, 2.24) is 24.6 Å². The topological polar surface area (TPSA) is 119 Å². The van der Waals surface area contributed by atoms with Crippen LogP contribution in [0.3, 0.4) is 0 Å². The molecule has 0 aliphatic carbocycles. The highest BCUT2D eigenvalue weighted by molar-refractivity contribution is 5.98. The smallest absolute Gasteiger partial charge is 0.407 e. The summed E-state index contributed by atoms with van der Waals surface area (Å²) in [6.07, 6.45) is 2.07. The van der Waals surface area contributed by atoms with Gasteiger partial charge in [-0.1, -0.05) is 18.2 Å². The standard InChI is InChI=1S/C23H22N6O3/c24-21-19-20(15-8-10-18(11-9-15)32-17-6-2-1-3-7-17)27-29(22(19)26-14-25-21)16-5-4-12-28(13-16)23(30)31/h1-3,6-11,14,16H,4-5,12-13H2,(H,30,31)(H2,24,25,26)/t16-/m1/s1. The van der Waals surface area contributed by atoms with Gasteiger partial charge in [0.2, 0.25) is 0 Å². The molecule has 3 heterocycles. The van der Waals surface area contributed by atoms with Crippen LogP contribution in [0.5, 0.6) is 11.5 Å². The van der Waals surface area contributed by atoms with Crippen LogP contribution in [-0.2, 0) is 0 Å². The second-order valence-electron chi connectivity index (χ2n) is 7.71. The Bertz CT molecular complexity index is 1260. The molecule has 0 bridgehead atoms. The van der Waals surface area contributed by atoms with Crippen molar-refractivity contribution in [2.45, 2.75) is 18.9 Å². The van der Waals surface area contributed by atoms with Crippen LogP contribution < -0.4 is 10.5 Å². The first-order chi connectivity index (χ1) is 15.6. The molecule has 162 valence electrons. The number of anilines is 1. The highest BCUT2D eigenvalue weighted by atomic mass is 16.5. The number of aromatic nitrogens is 4. The van der Waals surface area contributed by atoms with Gasteiger partial charge in [0.15, 0.2) is 5.65 Å². The number of amides is 1. The number of piperidine rings is 1. The van der Waals surface area contributed by atoms with Crippen LogP contribution >= 0.6 is 0 Å². The largest absolute Gasteiger partial charge is 0.465 e. The number of benzene rings is 2. The van der Waals surface area contributed by atoms with Crippen molar-refractivity contribution >= 4 is 22.9 Å². The lowest BCUT2D eigenvalue weighted by atomic mass is 10.1. The molecule has 1 amide bonds. The van der Waals surface area contributed by atoms with Gasteiger partial charge in [-0.3, -0.25) is 0 Å². The average molecular weight is 430 g/mol. The molecular weight excluding hydrogens is 408 g/mol. The Hall–Kier alpha value is -4.14. The molecule has 0 radical (unpaired) electrons. The van der Waals surface area contributed by atoms with Crippen LogP contribution in [0.4, 0.5) is 10.6 Å². The number of ether oxygens (including phenoxy) is 1. The Balaban J connectivity index is 1.51. The number of carboxylic acid groups (broad SMARTS) is 1. The minimum absolute atomic E-state index is 0.119. The third-order valence-corrected chi connectivity index (χ3v) is 5.64. The van der Waals surface area contributed by atoms with Gasteiger partial charge in [-0.05, 0) is 49.2 Å². The predicted octanol–water partition coefficient (Wildman–Crippen LogP) is 4.18. The molecule has 0 spiro atoms. The summed E-state index contributed by atoms with van der Waals surface area (Å²) in [5.41, 5.74) is 8.33. The van der Waals surface area contributed by atoms with E-state index in [-0.39, 0.29) is 6.04 Å². The molecule has 1 aliphatic heterocycles. The van der Waals surface area contributed by atoms with Crippen molar-refractivity contribution in [3.05, 3.63) is 60.9 Å². The Morgan fingerprint density at radius 1 is 1.06 bits per heavy atom. The lowest BCUT2D eigenvalue weighted by Gasteiger charge is -2.30. The van der Waals surface area contributed by atoms with E-state index in [0.717, 1.165) is 24.2 Å². The van der Waals surface area contributed by atoms with Crippen molar-refractivity contribution in [2.24, 2.45) is 0 Å². The van der Waals surface area contributed by atoms with Crippen LogP contribution in [0.15, 0.2) is 60.9 Å². The minimum atomic E-state index is -0.922. The number of likely N-dealkylation sites (tertiary alicyclic amines) is 1. The maximum Gasteiger partial charge on any atom is 0.407 e. The van der Waals surface area contributed by atoms with E-state index in [4.69, 9.17) is 15.6 Å². The molecule has 1 saturated heterocycles. The summed E-state index contributed by atoms with van der Waals surface area (Å²) in [5.74, 6) is 1.80. The average Bonchev–Trinajstić information content (AvgIpc) is 3.21. The summed E-state index contributed by atoms with van der Waals surface area (Å²) >= 11 is 0. The van der Waals surface area contributed by atoms with E-state index in [1.54, 1.807) is 4.68 Å². The zero-order valence-corrected chi connectivity index (χ0v) is 17.3. The van der Waals surface area contributed by atoms with Crippen molar-refractivity contribution in [1.29, 1.82) is 0 Å². The number of para-hydroxylation sites is 1. The highest BCUT2D eigenvalue weighted by Gasteiger charge is 2.28. The first-order valence-corrected chi connectivity index (χ1v) is 10.4. The van der Waals surface area contributed by atoms with Crippen molar-refractivity contribution < 1.29 is 14.6 Å². The predicted molar refractivity (Wildman–Crippen MR) is 120 cm³/mol. The van der Waals surface area contributed by atoms with E-state index in [1.807, 2.05) is 54.6 Å². The molecule has 9 heteroatoms. The molecule has 2 aromatic carbocycles. The quantitative estimate of drug-likeness (QED) is 0.498. The Labute approximate surface area is 184 Å². The number of hydrogen-bond donors (Lipinski definition) is 2. The van der Waals surface area contributed by atoms with E-state index in [9.17, 15) is 9.90 Å². The van der Waals surface area contributed by atoms with Gasteiger partial charge in [0, 0.05) is 18.7 Å². The number of nitrogens with two attached hydrogens (primary N) is 1. The van der Waals surface area contributed by atoms with Crippen molar-refractivity contribution in [3.8, 4) is 22.8 Å². The van der Waals surface area contributed by atoms with Crippen molar-refractivity contribution in [2.75, 3.05) is 18.8 Å². The first-order valence-electron chi connectivity index (χ1n) is 10.4. The summed E-state index contributed by atoms with van der Waals surface area (Å²) in [7, 11) is 0. The number of rotatable bonds is 4. The molecule has 0 unspecified atom stereocenters. The summed E-state index contributed by atoms with van der Waals surface area (Å²) in [5, 5.41) is 14.9. The van der Waals surface area contributed by atoms with E-state index < -0.39 is 6.09 Å². The molecule has 0 saturated carbocycles. The highest BCUT2D eigenvalue weighted by Crippen LogP contribution is 2.34. The fraction of sp³-hybridized carbons (Fsp3) is 0.217. The second kappa shape index (κ2) is 8.18. The summed E-state index contributed by atoms with van der Waals surface area (Å²) in [6.45, 7) is 0.886. The zero-order valence-electron chi connectivity index (χ0n) is 17.3. The molecule has 5 rings (SSSR count). The molecule has 4 aromatic rings. The fourth-order valence-corrected chi connectivity index (χ4v) is 4.09. The summed E-state index contributed by atoms with van der Waals surface area (Å²) in [6, 6.07) is 17.0. The van der Waals surface area contributed by atoms with Gasteiger partial charge in [-0.25, -0.2) is 19.4 Å². The fourth-order valence-electron chi connectivity index (χ4n) is 4.09. The molecule has 1 aliphatic rings. The Morgan fingerprint density at radius 3 is 2.56 bits per heavy atom. The van der Waals surface area contributed by atoms with Crippen LogP contribution in [-0.4, -0.2) is 48.9 Å². The van der Waals surface area contributed by atoms with Crippen LogP contribution in [0.2, 0.25) is 0 Å². The Kier molecular flexibility index (Phi) is 5.06. The van der Waals surface area contributed by atoms with E-state index >= 15 is 0 Å². The summed E-state index contributed by atoms with van der Waals surface area (Å²) < 4.78 is 7.68. The normalized spacial score (nSPS) is 16.2. The minimum Gasteiger partial charge on any atom is -0.465 e. The van der Waals surface area contributed by atoms with Gasteiger partial charge in [0.05, 0.1) is 11.4 Å². The number of nitrogens with zero attached hydrogens (tertiary/aromatic N) is 5. The lowest BCUT2D eigenvalue weighted by molar-refractivity contribution is 0.120. The van der Waals surface area contributed by atoms with Gasteiger partial charge in [0.1, 0.15) is 29.3 Å². The molecule has 1 fully saturated rings. The number of carbonyl (C=O) groups is 1. The van der Waals surface area contributed by atoms with E-state index in [0.29, 0.717) is 41.4 Å². The lowest BCUT2D eigenvalue weighted by Crippen LogP contribution is -2.40. The maximum atomic E-state index is 11.5. The maximum absolute atomic E-state index is 11.5. The number of hydrogen-bond acceptors (Lipinski definition) is 6. The van der Waals surface area contributed by atoms with Crippen LogP contribution in [0.1, 0.15) is 18.9 Å². The third-order valence-electron chi connectivity index (χ3n) is 5.64. The van der Waals surface area contributed by atoms with E-state index in [1.165, 1.54) is 11.2 Å². The van der Waals surface area contributed by atoms with Crippen molar-refractivity contribution in [3.63, 3.8) is 0 Å². The molecule has 9 nitrogen and oxygen atoms in total. The molecule has 1 atom stereocenters. The molecule has 2 aromatic heterocycles. The molecular formula is C23H22N6O3. The monoisotopic (exact) mass is 430 g/mol. The Morgan fingerprint density at radius 2 is 1.81 bits per heavy atom. The molecule has 32 heavy (non-hydrogen) atoms. The van der Waals surface area contributed by atoms with Gasteiger partial charge >= 0.3 is 6.09 Å². The second-order valence-corrected chi connectivity index (χ2v) is 7.71.